The van der Waals surface area contributed by atoms with E-state index in [-0.39, 0.29) is 5.54 Å². The molecule has 0 aromatic carbocycles. The maximum absolute atomic E-state index is 5.51. The Balaban J connectivity index is 2.11. The molecule has 0 bridgehead atoms. The van der Waals surface area contributed by atoms with Gasteiger partial charge in [-0.25, -0.2) is 0 Å². The highest BCUT2D eigenvalue weighted by Gasteiger charge is 2.38. The van der Waals surface area contributed by atoms with E-state index in [1.54, 1.807) is 6.26 Å². The number of rotatable bonds is 6. The lowest BCUT2D eigenvalue weighted by molar-refractivity contribution is 0.0851. The van der Waals surface area contributed by atoms with E-state index >= 15 is 0 Å². The summed E-state index contributed by atoms with van der Waals surface area (Å²) >= 11 is 0. The minimum atomic E-state index is 0.220. The van der Waals surface area contributed by atoms with Gasteiger partial charge in [0.2, 0.25) is 0 Å². The Kier molecular flexibility index (Phi) is 4.46. The van der Waals surface area contributed by atoms with Gasteiger partial charge in [-0.1, -0.05) is 6.92 Å². The molecule has 1 aliphatic rings. The summed E-state index contributed by atoms with van der Waals surface area (Å²) in [4.78, 5) is 2.65. The van der Waals surface area contributed by atoms with Crippen LogP contribution in [0, 0.1) is 0 Å². The molecule has 1 aromatic rings. The summed E-state index contributed by atoms with van der Waals surface area (Å²) in [7, 11) is 2.07. The quantitative estimate of drug-likeness (QED) is 0.841. The molecule has 0 radical (unpaired) electrons. The molecule has 0 saturated carbocycles. The number of nitrogens with zero attached hydrogens (tertiary/aromatic N) is 1. The van der Waals surface area contributed by atoms with Crippen LogP contribution in [0.25, 0.3) is 0 Å². The Labute approximate surface area is 111 Å². The molecule has 0 amide bonds. The fraction of sp³-hybridized carbons (Fsp3) is 0.733. The summed E-state index contributed by atoms with van der Waals surface area (Å²) in [6.45, 7) is 7.16. The molecule has 3 heteroatoms. The molecule has 2 rings (SSSR count). The molecule has 1 aromatic heterocycles. The van der Waals surface area contributed by atoms with Gasteiger partial charge in [0, 0.05) is 18.0 Å². The highest BCUT2D eigenvalue weighted by atomic mass is 16.3. The van der Waals surface area contributed by atoms with E-state index in [1.165, 1.54) is 32.4 Å². The monoisotopic (exact) mass is 250 g/mol. The lowest BCUT2D eigenvalue weighted by Crippen LogP contribution is -2.58. The number of hydrogen-bond acceptors (Lipinski definition) is 3. The summed E-state index contributed by atoms with van der Waals surface area (Å²) in [5.74, 6) is 1.08. The first kappa shape index (κ1) is 13.6. The predicted octanol–water partition coefficient (Wildman–Crippen LogP) is 2.67. The van der Waals surface area contributed by atoms with Crippen molar-refractivity contribution in [3.8, 4) is 0 Å². The Morgan fingerprint density at radius 2 is 2.17 bits per heavy atom. The average Bonchev–Trinajstić information content (AvgIpc) is 3.07. The maximum Gasteiger partial charge on any atom is 0.105 e. The summed E-state index contributed by atoms with van der Waals surface area (Å²) < 4.78 is 5.51. The SMILES string of the molecule is CCC(C)(C(Cc1ccco1)NC)N1CCCC1. The van der Waals surface area contributed by atoms with E-state index in [2.05, 4.69) is 37.2 Å². The third-order valence-electron chi connectivity index (χ3n) is 4.63. The molecule has 1 aliphatic heterocycles. The summed E-state index contributed by atoms with van der Waals surface area (Å²) in [6.07, 6.45) is 6.57. The molecule has 102 valence electrons. The van der Waals surface area contributed by atoms with E-state index in [9.17, 15) is 0 Å². The molecule has 2 atom stereocenters. The van der Waals surface area contributed by atoms with Crippen LogP contribution in [-0.4, -0.2) is 36.6 Å². The van der Waals surface area contributed by atoms with E-state index in [0.29, 0.717) is 6.04 Å². The zero-order valence-electron chi connectivity index (χ0n) is 11.9. The van der Waals surface area contributed by atoms with Gasteiger partial charge in [0.05, 0.1) is 6.26 Å². The standard InChI is InChI=1S/C15H26N2O/c1-4-15(2,17-9-5-6-10-17)14(16-3)12-13-8-7-11-18-13/h7-8,11,14,16H,4-6,9-10,12H2,1-3H3. The molecule has 1 saturated heterocycles. The van der Waals surface area contributed by atoms with Gasteiger partial charge >= 0.3 is 0 Å². The molecular formula is C15H26N2O. The van der Waals surface area contributed by atoms with Gasteiger partial charge in [-0.3, -0.25) is 4.90 Å². The average molecular weight is 250 g/mol. The molecule has 1 fully saturated rings. The number of likely N-dealkylation sites (N-methyl/N-ethyl adjacent to an activating group) is 1. The number of furan rings is 1. The second kappa shape index (κ2) is 5.89. The maximum atomic E-state index is 5.51. The van der Waals surface area contributed by atoms with Crippen LogP contribution in [-0.2, 0) is 6.42 Å². The van der Waals surface area contributed by atoms with Crippen molar-refractivity contribution in [1.29, 1.82) is 0 Å². The third kappa shape index (κ3) is 2.62. The minimum Gasteiger partial charge on any atom is -0.469 e. The van der Waals surface area contributed by atoms with E-state index in [1.807, 2.05) is 6.07 Å². The van der Waals surface area contributed by atoms with Crippen molar-refractivity contribution >= 4 is 0 Å². The number of hydrogen-bond donors (Lipinski definition) is 1. The van der Waals surface area contributed by atoms with Crippen molar-refractivity contribution in [2.24, 2.45) is 0 Å². The van der Waals surface area contributed by atoms with Crippen molar-refractivity contribution in [3.05, 3.63) is 24.2 Å². The van der Waals surface area contributed by atoms with Gasteiger partial charge in [0.25, 0.3) is 0 Å². The van der Waals surface area contributed by atoms with E-state index in [4.69, 9.17) is 4.42 Å². The fourth-order valence-electron chi connectivity index (χ4n) is 3.18. The van der Waals surface area contributed by atoms with E-state index in [0.717, 1.165) is 12.2 Å². The summed E-state index contributed by atoms with van der Waals surface area (Å²) in [5.41, 5.74) is 0.220. The molecule has 18 heavy (non-hydrogen) atoms. The number of nitrogens with one attached hydrogen (secondary N) is 1. The Morgan fingerprint density at radius 3 is 2.67 bits per heavy atom. The first-order chi connectivity index (χ1) is 8.70. The Morgan fingerprint density at radius 1 is 1.44 bits per heavy atom. The normalized spacial score (nSPS) is 21.9. The Bertz CT molecular complexity index is 343. The predicted molar refractivity (Wildman–Crippen MR) is 74.8 cm³/mol. The van der Waals surface area contributed by atoms with Crippen LogP contribution < -0.4 is 5.32 Å². The van der Waals surface area contributed by atoms with Crippen LogP contribution in [0.2, 0.25) is 0 Å². The fourth-order valence-corrected chi connectivity index (χ4v) is 3.18. The molecule has 0 aliphatic carbocycles. The largest absolute Gasteiger partial charge is 0.469 e. The van der Waals surface area contributed by atoms with Crippen LogP contribution in [0.15, 0.2) is 22.8 Å². The van der Waals surface area contributed by atoms with Crippen LogP contribution in [0.4, 0.5) is 0 Å². The van der Waals surface area contributed by atoms with Crippen LogP contribution in [0.1, 0.15) is 38.9 Å². The van der Waals surface area contributed by atoms with Gasteiger partial charge in [-0.05, 0) is 58.5 Å². The molecule has 2 heterocycles. The van der Waals surface area contributed by atoms with Gasteiger partial charge in [0.15, 0.2) is 0 Å². The first-order valence-electron chi connectivity index (χ1n) is 7.15. The van der Waals surface area contributed by atoms with Crippen molar-refractivity contribution in [3.63, 3.8) is 0 Å². The van der Waals surface area contributed by atoms with Crippen molar-refractivity contribution < 1.29 is 4.42 Å². The summed E-state index contributed by atoms with van der Waals surface area (Å²) in [6, 6.07) is 4.48. The molecule has 2 unspecified atom stereocenters. The van der Waals surface area contributed by atoms with Crippen LogP contribution >= 0.6 is 0 Å². The lowest BCUT2D eigenvalue weighted by atomic mass is 9.85. The number of likely N-dealkylation sites (tertiary alicyclic amines) is 1. The van der Waals surface area contributed by atoms with Crippen LogP contribution in [0.3, 0.4) is 0 Å². The van der Waals surface area contributed by atoms with E-state index < -0.39 is 0 Å². The van der Waals surface area contributed by atoms with Crippen molar-refractivity contribution in [1.82, 2.24) is 10.2 Å². The lowest BCUT2D eigenvalue weighted by Gasteiger charge is -2.44. The second-order valence-corrected chi connectivity index (χ2v) is 5.53. The van der Waals surface area contributed by atoms with Gasteiger partial charge < -0.3 is 9.73 Å². The molecule has 0 spiro atoms. The second-order valence-electron chi connectivity index (χ2n) is 5.53. The highest BCUT2D eigenvalue weighted by molar-refractivity contribution is 5.06. The zero-order chi connectivity index (χ0) is 13.0. The first-order valence-corrected chi connectivity index (χ1v) is 7.15. The Hall–Kier alpha value is -0.800. The van der Waals surface area contributed by atoms with Crippen LogP contribution in [0.5, 0.6) is 0 Å². The van der Waals surface area contributed by atoms with Gasteiger partial charge in [-0.2, -0.15) is 0 Å². The van der Waals surface area contributed by atoms with Gasteiger partial charge in [0.1, 0.15) is 5.76 Å². The molecule has 1 N–H and O–H groups in total. The highest BCUT2D eigenvalue weighted by Crippen LogP contribution is 2.29. The van der Waals surface area contributed by atoms with Gasteiger partial charge in [-0.15, -0.1) is 0 Å². The third-order valence-corrected chi connectivity index (χ3v) is 4.63. The van der Waals surface area contributed by atoms with Crippen molar-refractivity contribution in [2.45, 2.75) is 51.1 Å². The van der Waals surface area contributed by atoms with Crippen molar-refractivity contribution in [2.75, 3.05) is 20.1 Å². The molecular weight excluding hydrogens is 224 g/mol. The summed E-state index contributed by atoms with van der Waals surface area (Å²) in [5, 5.41) is 3.51. The minimum absolute atomic E-state index is 0.220. The molecule has 3 nitrogen and oxygen atoms in total. The zero-order valence-corrected chi connectivity index (χ0v) is 11.9. The topological polar surface area (TPSA) is 28.4 Å². The smallest absolute Gasteiger partial charge is 0.105 e.